The van der Waals surface area contributed by atoms with E-state index in [1.807, 2.05) is 0 Å². The number of hydrogen-bond donors (Lipinski definition) is 14. The van der Waals surface area contributed by atoms with Gasteiger partial charge >= 0.3 is 5.97 Å². The van der Waals surface area contributed by atoms with Crippen molar-refractivity contribution < 1.29 is 104 Å². The molecule has 0 spiro atoms. The molecule has 3 aliphatic rings. The molecular formula is C74H138N2O21. The largest absolute Gasteiger partial charge is 0.477 e. The second-order valence-electron chi connectivity index (χ2n) is 28.2. The van der Waals surface area contributed by atoms with Gasteiger partial charge in [-0.15, -0.1) is 0 Å². The average Bonchev–Trinajstić information content (AvgIpc) is 0.763. The molecule has 18 unspecified atom stereocenters. The van der Waals surface area contributed by atoms with Gasteiger partial charge in [-0.2, -0.15) is 0 Å². The number of amides is 2. The van der Waals surface area contributed by atoms with Crippen LogP contribution in [0.25, 0.3) is 0 Å². The quantitative estimate of drug-likeness (QED) is 0.0199. The van der Waals surface area contributed by atoms with Gasteiger partial charge in [0.15, 0.2) is 12.6 Å². The van der Waals surface area contributed by atoms with Crippen LogP contribution < -0.4 is 10.6 Å². The predicted octanol–water partition coefficient (Wildman–Crippen LogP) is 9.02. The summed E-state index contributed by atoms with van der Waals surface area (Å²) in [6.45, 7) is 2.24. The van der Waals surface area contributed by atoms with Crippen molar-refractivity contribution >= 4 is 17.8 Å². The van der Waals surface area contributed by atoms with E-state index in [9.17, 15) is 75.7 Å². The first-order valence-electron chi connectivity index (χ1n) is 38.5. The number of unbranched alkanes of at least 4 members (excludes halogenated alkanes) is 38. The summed E-state index contributed by atoms with van der Waals surface area (Å²) in [4.78, 5) is 38.7. The van der Waals surface area contributed by atoms with E-state index in [1.54, 1.807) is 0 Å². The minimum absolute atomic E-state index is 0.224. The number of rotatable bonds is 60. The van der Waals surface area contributed by atoms with E-state index in [0.717, 1.165) is 64.7 Å². The van der Waals surface area contributed by atoms with E-state index < -0.39 is 148 Å². The first kappa shape index (κ1) is 88.7. The number of allylic oxidation sites excluding steroid dienone is 2. The zero-order chi connectivity index (χ0) is 71.1. The van der Waals surface area contributed by atoms with Crippen LogP contribution in [0.15, 0.2) is 12.2 Å². The van der Waals surface area contributed by atoms with Gasteiger partial charge in [-0.25, -0.2) is 4.79 Å². The summed E-state index contributed by atoms with van der Waals surface area (Å²) < 4.78 is 34.9. The lowest BCUT2D eigenvalue weighted by molar-refractivity contribution is -0.386. The number of nitrogens with one attached hydrogen (secondary N) is 2. The molecule has 3 heterocycles. The lowest BCUT2D eigenvalue weighted by Gasteiger charge is -2.50. The Labute approximate surface area is 581 Å². The monoisotopic (exact) mass is 1390 g/mol. The summed E-state index contributed by atoms with van der Waals surface area (Å²) in [5, 5.41) is 136. The molecular weight excluding hydrogens is 1250 g/mol. The Kier molecular flexibility index (Phi) is 49.5. The van der Waals surface area contributed by atoms with Gasteiger partial charge in [0.2, 0.25) is 11.8 Å². The number of carbonyl (C=O) groups excluding carboxylic acids is 2. The number of carboxylic acid groups (broad SMARTS) is 1. The number of hydrogen-bond acceptors (Lipinski definition) is 20. The molecule has 0 aromatic carbocycles. The Morgan fingerprint density at radius 3 is 1.39 bits per heavy atom. The van der Waals surface area contributed by atoms with Gasteiger partial charge in [-0.05, 0) is 38.5 Å². The molecule has 0 bridgehead atoms. The average molecular weight is 1390 g/mol. The maximum atomic E-state index is 13.5. The summed E-state index contributed by atoms with van der Waals surface area (Å²) in [6, 6.07) is -2.53. The highest BCUT2D eigenvalue weighted by Crippen LogP contribution is 2.39. The Balaban J connectivity index is 1.53. The zero-order valence-electron chi connectivity index (χ0n) is 60.0. The first-order valence-corrected chi connectivity index (χ1v) is 38.5. The third-order valence-electron chi connectivity index (χ3n) is 19.7. The van der Waals surface area contributed by atoms with Crippen LogP contribution in [0.5, 0.6) is 0 Å². The number of aliphatic hydroxyl groups excluding tert-OH is 11. The molecule has 23 heteroatoms. The maximum absolute atomic E-state index is 13.5. The minimum Gasteiger partial charge on any atom is -0.477 e. The SMILES string of the molecule is CCCCCCCCCCCCCC/C=C\CCCCCCCCCCCCC(=O)NC(COC1OC(CO)C(OC2OC(CO)C(O)C(OC3(C(=O)O)CC(O)C(NC(C)=O)C(C(O)C(O)CO)O3)C2O)C(O)C1O)C(O)CCCCCCCCCCCCCCCCCCC. The van der Waals surface area contributed by atoms with Crippen molar-refractivity contribution in [1.29, 1.82) is 0 Å². The van der Waals surface area contributed by atoms with Crippen molar-refractivity contribution in [3.8, 4) is 0 Å². The molecule has 97 heavy (non-hydrogen) atoms. The van der Waals surface area contributed by atoms with E-state index >= 15 is 0 Å². The highest BCUT2D eigenvalue weighted by molar-refractivity contribution is 5.77. The molecule has 0 saturated carbocycles. The summed E-state index contributed by atoms with van der Waals surface area (Å²) in [7, 11) is 0. The predicted molar refractivity (Wildman–Crippen MR) is 371 cm³/mol. The van der Waals surface area contributed by atoms with Crippen LogP contribution in [0, 0.1) is 0 Å². The Morgan fingerprint density at radius 2 is 0.959 bits per heavy atom. The van der Waals surface area contributed by atoms with Gasteiger partial charge < -0.3 is 100 Å². The molecule has 14 N–H and O–H groups in total. The zero-order valence-corrected chi connectivity index (χ0v) is 60.0. The van der Waals surface area contributed by atoms with Crippen molar-refractivity contribution in [1.82, 2.24) is 10.6 Å². The molecule has 2 amide bonds. The molecule has 3 aliphatic heterocycles. The van der Waals surface area contributed by atoms with Gasteiger partial charge in [0.25, 0.3) is 5.79 Å². The first-order chi connectivity index (χ1) is 46.9. The molecule has 0 aliphatic carbocycles. The van der Waals surface area contributed by atoms with E-state index in [1.165, 1.54) is 193 Å². The highest BCUT2D eigenvalue weighted by Gasteiger charge is 2.60. The lowest BCUT2D eigenvalue weighted by Crippen LogP contribution is -2.70. The van der Waals surface area contributed by atoms with Crippen LogP contribution in [-0.2, 0) is 42.8 Å². The van der Waals surface area contributed by atoms with Crippen LogP contribution in [0.3, 0.4) is 0 Å². The summed E-state index contributed by atoms with van der Waals surface area (Å²) in [5.74, 6) is -6.10. The van der Waals surface area contributed by atoms with Crippen molar-refractivity contribution in [2.24, 2.45) is 0 Å². The second kappa shape index (κ2) is 54.2. The molecule has 3 saturated heterocycles. The normalized spacial score (nSPS) is 27.4. The van der Waals surface area contributed by atoms with E-state index in [2.05, 4.69) is 36.6 Å². The number of aliphatic carboxylic acids is 1. The highest BCUT2D eigenvalue weighted by atomic mass is 16.8. The number of ether oxygens (including phenoxy) is 6. The van der Waals surface area contributed by atoms with Gasteiger partial charge in [0, 0.05) is 19.8 Å². The van der Waals surface area contributed by atoms with Gasteiger partial charge in [0.1, 0.15) is 67.1 Å². The fourth-order valence-corrected chi connectivity index (χ4v) is 13.6. The molecule has 0 radical (unpaired) electrons. The molecule has 3 rings (SSSR count). The summed E-state index contributed by atoms with van der Waals surface area (Å²) >= 11 is 0. The number of carboxylic acids is 1. The standard InChI is InChI=1S/C74H138N2O21/c1-4-6-8-10-12-14-16-18-20-22-23-24-25-26-27-28-29-30-32-34-36-38-40-42-44-46-48-61(84)76-55(56(81)47-45-43-41-39-37-35-33-31-21-19-17-15-13-11-9-7-5-2)53-92-71-66(88)65(87)68(60(52-79)94-71)95-72-67(89)70(64(86)59(51-78)93-72)97-74(73(90)91)49-57(82)62(75-54(3)80)69(96-74)63(85)58(83)50-77/h26-27,55-60,62-72,77-79,81-83,85-89H,4-25,28-53H2,1-3H3,(H,75,80)(H,76,84)(H,90,91)/b27-26-. The van der Waals surface area contributed by atoms with Crippen molar-refractivity contribution in [3.05, 3.63) is 12.2 Å². The molecule has 18 atom stereocenters. The van der Waals surface area contributed by atoms with Crippen LogP contribution in [0.2, 0.25) is 0 Å². The van der Waals surface area contributed by atoms with E-state index in [4.69, 9.17) is 28.4 Å². The Morgan fingerprint density at radius 1 is 0.526 bits per heavy atom. The maximum Gasteiger partial charge on any atom is 0.364 e. The smallest absolute Gasteiger partial charge is 0.364 e. The van der Waals surface area contributed by atoms with Crippen molar-refractivity contribution in [2.45, 2.75) is 413 Å². The van der Waals surface area contributed by atoms with E-state index in [-0.39, 0.29) is 18.9 Å². The van der Waals surface area contributed by atoms with Gasteiger partial charge in [-0.1, -0.05) is 257 Å². The van der Waals surface area contributed by atoms with E-state index in [0.29, 0.717) is 19.3 Å². The summed E-state index contributed by atoms with van der Waals surface area (Å²) in [5.41, 5.74) is 0. The lowest BCUT2D eigenvalue weighted by atomic mass is 9.88. The number of carbonyl (C=O) groups is 3. The van der Waals surface area contributed by atoms with Gasteiger partial charge in [0.05, 0.1) is 50.7 Å². The van der Waals surface area contributed by atoms with Crippen LogP contribution in [-0.4, -0.2) is 215 Å². The van der Waals surface area contributed by atoms with Crippen LogP contribution in [0.1, 0.15) is 303 Å². The molecule has 23 nitrogen and oxygen atoms in total. The van der Waals surface area contributed by atoms with Crippen molar-refractivity contribution in [3.63, 3.8) is 0 Å². The molecule has 3 fully saturated rings. The second-order valence-corrected chi connectivity index (χ2v) is 28.2. The van der Waals surface area contributed by atoms with Crippen LogP contribution in [0.4, 0.5) is 0 Å². The molecule has 0 aromatic rings. The topological polar surface area (TPSA) is 373 Å². The fraction of sp³-hybridized carbons (Fsp3) is 0.932. The van der Waals surface area contributed by atoms with Gasteiger partial charge in [-0.3, -0.25) is 9.59 Å². The third kappa shape index (κ3) is 35.5. The third-order valence-corrected chi connectivity index (χ3v) is 19.7. The summed E-state index contributed by atoms with van der Waals surface area (Å²) in [6.07, 6.45) is 26.3. The molecule has 0 aromatic heterocycles. The molecule has 570 valence electrons. The fourth-order valence-electron chi connectivity index (χ4n) is 13.6. The van der Waals surface area contributed by atoms with Crippen LogP contribution >= 0.6 is 0 Å². The van der Waals surface area contributed by atoms with Crippen molar-refractivity contribution in [2.75, 3.05) is 26.4 Å². The minimum atomic E-state index is -3.08. The Hall–Kier alpha value is -2.53. The number of aliphatic hydroxyl groups is 11. The Bertz CT molecular complexity index is 2000.